The molecule has 3 N–H and O–H groups in total. The molecule has 0 radical (unpaired) electrons. The van der Waals surface area contributed by atoms with Gasteiger partial charge in [0.25, 0.3) is 0 Å². The van der Waals surface area contributed by atoms with E-state index in [-0.39, 0.29) is 5.54 Å². The van der Waals surface area contributed by atoms with Crippen molar-refractivity contribution in [2.24, 2.45) is 5.73 Å². The Labute approximate surface area is 89.4 Å². The third-order valence-electron chi connectivity index (χ3n) is 3.01. The van der Waals surface area contributed by atoms with Crippen molar-refractivity contribution in [2.75, 3.05) is 5.32 Å². The van der Waals surface area contributed by atoms with Crippen molar-refractivity contribution in [1.82, 2.24) is 10.2 Å². The van der Waals surface area contributed by atoms with Crippen molar-refractivity contribution >= 4 is 6.01 Å². The largest absolute Gasteiger partial charge is 0.407 e. The van der Waals surface area contributed by atoms with Crippen LogP contribution >= 0.6 is 0 Å². The number of nitrogens with two attached hydrogens (primary N) is 1. The summed E-state index contributed by atoms with van der Waals surface area (Å²) in [6, 6.07) is 0.500. The Balaban J connectivity index is 2.00. The van der Waals surface area contributed by atoms with Crippen molar-refractivity contribution < 1.29 is 4.42 Å². The first-order valence-electron chi connectivity index (χ1n) is 5.52. The van der Waals surface area contributed by atoms with E-state index in [9.17, 15) is 0 Å². The fourth-order valence-corrected chi connectivity index (χ4v) is 2.10. The van der Waals surface area contributed by atoms with Crippen LogP contribution in [0, 0.1) is 0 Å². The van der Waals surface area contributed by atoms with Crippen LogP contribution in [0.15, 0.2) is 4.42 Å². The summed E-state index contributed by atoms with van der Waals surface area (Å²) < 4.78 is 5.34. The molecule has 1 fully saturated rings. The van der Waals surface area contributed by atoms with Crippen molar-refractivity contribution in [3.63, 3.8) is 0 Å². The van der Waals surface area contributed by atoms with Gasteiger partial charge in [-0.25, -0.2) is 0 Å². The zero-order chi connectivity index (χ0) is 10.7. The van der Waals surface area contributed by atoms with Gasteiger partial charge in [0, 0.05) is 5.54 Å². The number of aromatic nitrogens is 2. The number of nitrogens with one attached hydrogen (secondary N) is 1. The SMILES string of the molecule is CC1(Nc2nnc(CN)o2)CCCCC1. The third kappa shape index (κ3) is 2.47. The minimum Gasteiger partial charge on any atom is -0.407 e. The van der Waals surface area contributed by atoms with E-state index in [4.69, 9.17) is 10.2 Å². The molecule has 0 amide bonds. The van der Waals surface area contributed by atoms with Crippen LogP contribution in [0.4, 0.5) is 6.01 Å². The molecule has 1 aliphatic carbocycles. The molecular weight excluding hydrogens is 192 g/mol. The second-order valence-corrected chi connectivity index (χ2v) is 4.45. The summed E-state index contributed by atoms with van der Waals surface area (Å²) in [4.78, 5) is 0. The highest BCUT2D eigenvalue weighted by Gasteiger charge is 2.28. The topological polar surface area (TPSA) is 77.0 Å². The van der Waals surface area contributed by atoms with E-state index in [0.29, 0.717) is 18.5 Å². The normalized spacial score (nSPS) is 20.1. The maximum absolute atomic E-state index is 5.41. The molecule has 84 valence electrons. The van der Waals surface area contributed by atoms with Crippen LogP contribution in [0.5, 0.6) is 0 Å². The van der Waals surface area contributed by atoms with Crippen molar-refractivity contribution in [3.8, 4) is 0 Å². The molecule has 5 nitrogen and oxygen atoms in total. The number of nitrogens with zero attached hydrogens (tertiary/aromatic N) is 2. The van der Waals surface area contributed by atoms with Gasteiger partial charge in [-0.15, -0.1) is 5.10 Å². The Morgan fingerprint density at radius 2 is 2.07 bits per heavy atom. The Bertz CT molecular complexity index is 317. The molecule has 0 saturated heterocycles. The minimum atomic E-state index is 0.108. The van der Waals surface area contributed by atoms with Crippen molar-refractivity contribution in [2.45, 2.75) is 51.1 Å². The zero-order valence-corrected chi connectivity index (χ0v) is 9.12. The number of hydrogen-bond donors (Lipinski definition) is 2. The Kier molecular flexibility index (Phi) is 2.90. The molecule has 0 aromatic carbocycles. The molecule has 1 aromatic rings. The van der Waals surface area contributed by atoms with Crippen LogP contribution in [-0.2, 0) is 6.54 Å². The van der Waals surface area contributed by atoms with Gasteiger partial charge >= 0.3 is 6.01 Å². The number of hydrogen-bond acceptors (Lipinski definition) is 5. The summed E-state index contributed by atoms with van der Waals surface area (Å²) in [5.74, 6) is 0.483. The van der Waals surface area contributed by atoms with Crippen LogP contribution in [-0.4, -0.2) is 15.7 Å². The van der Waals surface area contributed by atoms with Gasteiger partial charge in [0.05, 0.1) is 6.54 Å². The summed E-state index contributed by atoms with van der Waals surface area (Å²) in [6.45, 7) is 2.50. The maximum Gasteiger partial charge on any atom is 0.315 e. The van der Waals surface area contributed by atoms with Gasteiger partial charge in [0.1, 0.15) is 0 Å². The summed E-state index contributed by atoms with van der Waals surface area (Å²) in [5, 5.41) is 11.1. The first-order chi connectivity index (χ1) is 7.22. The first-order valence-corrected chi connectivity index (χ1v) is 5.52. The average Bonchev–Trinajstić information content (AvgIpc) is 2.66. The molecule has 15 heavy (non-hydrogen) atoms. The van der Waals surface area contributed by atoms with E-state index in [1.54, 1.807) is 0 Å². The third-order valence-corrected chi connectivity index (χ3v) is 3.01. The fraction of sp³-hybridized carbons (Fsp3) is 0.800. The van der Waals surface area contributed by atoms with Crippen LogP contribution in [0.3, 0.4) is 0 Å². The Hall–Kier alpha value is -1.10. The Morgan fingerprint density at radius 3 is 2.67 bits per heavy atom. The minimum absolute atomic E-state index is 0.108. The number of anilines is 1. The smallest absolute Gasteiger partial charge is 0.315 e. The van der Waals surface area contributed by atoms with E-state index in [1.165, 1.54) is 19.3 Å². The quantitative estimate of drug-likeness (QED) is 0.793. The lowest BCUT2D eigenvalue weighted by atomic mass is 9.83. The molecule has 1 heterocycles. The molecule has 0 unspecified atom stereocenters. The van der Waals surface area contributed by atoms with Crippen LogP contribution < -0.4 is 11.1 Å². The molecule has 2 rings (SSSR count). The lowest BCUT2D eigenvalue weighted by Crippen LogP contribution is -2.36. The van der Waals surface area contributed by atoms with Crippen molar-refractivity contribution in [3.05, 3.63) is 5.89 Å². The monoisotopic (exact) mass is 210 g/mol. The molecule has 0 aliphatic heterocycles. The van der Waals surface area contributed by atoms with E-state index in [0.717, 1.165) is 12.8 Å². The second kappa shape index (κ2) is 4.18. The predicted molar refractivity (Wildman–Crippen MR) is 57.3 cm³/mol. The van der Waals surface area contributed by atoms with Gasteiger partial charge in [0.2, 0.25) is 5.89 Å². The molecule has 0 bridgehead atoms. The molecule has 5 heteroatoms. The summed E-state index contributed by atoms with van der Waals surface area (Å²) in [6.07, 6.45) is 6.18. The van der Waals surface area contributed by atoms with Gasteiger partial charge in [-0.1, -0.05) is 24.4 Å². The molecule has 1 saturated carbocycles. The zero-order valence-electron chi connectivity index (χ0n) is 9.12. The molecule has 1 aliphatic rings. The molecule has 1 aromatic heterocycles. The molecular formula is C10H18N4O. The highest BCUT2D eigenvalue weighted by atomic mass is 16.4. The lowest BCUT2D eigenvalue weighted by Gasteiger charge is -2.33. The summed E-state index contributed by atoms with van der Waals surface area (Å²) in [7, 11) is 0. The fourth-order valence-electron chi connectivity index (χ4n) is 2.10. The predicted octanol–water partition coefficient (Wildman–Crippen LogP) is 1.66. The number of rotatable bonds is 3. The van der Waals surface area contributed by atoms with E-state index in [1.807, 2.05) is 0 Å². The lowest BCUT2D eigenvalue weighted by molar-refractivity contribution is 0.338. The van der Waals surface area contributed by atoms with E-state index >= 15 is 0 Å². The average molecular weight is 210 g/mol. The summed E-state index contributed by atoms with van der Waals surface area (Å²) >= 11 is 0. The van der Waals surface area contributed by atoms with E-state index < -0.39 is 0 Å². The second-order valence-electron chi connectivity index (χ2n) is 4.45. The summed E-state index contributed by atoms with van der Waals surface area (Å²) in [5.41, 5.74) is 5.51. The molecule has 0 spiro atoms. The van der Waals surface area contributed by atoms with Gasteiger partial charge in [-0.3, -0.25) is 0 Å². The highest BCUT2D eigenvalue weighted by Crippen LogP contribution is 2.30. The highest BCUT2D eigenvalue weighted by molar-refractivity contribution is 5.23. The van der Waals surface area contributed by atoms with Gasteiger partial charge < -0.3 is 15.5 Å². The van der Waals surface area contributed by atoms with Crippen molar-refractivity contribution in [1.29, 1.82) is 0 Å². The van der Waals surface area contributed by atoms with Gasteiger partial charge in [-0.05, 0) is 19.8 Å². The molecule has 0 atom stereocenters. The van der Waals surface area contributed by atoms with Crippen LogP contribution in [0.25, 0.3) is 0 Å². The van der Waals surface area contributed by atoms with Gasteiger partial charge in [0.15, 0.2) is 0 Å². The van der Waals surface area contributed by atoms with Crippen LogP contribution in [0.2, 0.25) is 0 Å². The van der Waals surface area contributed by atoms with E-state index in [2.05, 4.69) is 22.4 Å². The Morgan fingerprint density at radius 1 is 1.33 bits per heavy atom. The van der Waals surface area contributed by atoms with Gasteiger partial charge in [-0.2, -0.15) is 0 Å². The van der Waals surface area contributed by atoms with Crippen LogP contribution in [0.1, 0.15) is 44.9 Å². The standard InChI is InChI=1S/C10H18N4O/c1-10(5-3-2-4-6-10)12-9-14-13-8(7-11)15-9/h2-7,11H2,1H3,(H,12,14). The first kappa shape index (κ1) is 10.4. The maximum atomic E-state index is 5.41.